The zero-order valence-electron chi connectivity index (χ0n) is 26.3. The van der Waals surface area contributed by atoms with Gasteiger partial charge in [0.25, 0.3) is 0 Å². The molecule has 0 heterocycles. The molecule has 37 heavy (non-hydrogen) atoms. The Morgan fingerprint density at radius 2 is 1.49 bits per heavy atom. The second-order valence-corrected chi connectivity index (χ2v) is 30.1. The summed E-state index contributed by atoms with van der Waals surface area (Å²) >= 11 is 0. The monoisotopic (exact) mass is 566 g/mol. The Morgan fingerprint density at radius 1 is 0.838 bits per heavy atom. The van der Waals surface area contributed by atoms with Crippen molar-refractivity contribution >= 4 is 30.7 Å². The van der Waals surface area contributed by atoms with E-state index in [2.05, 4.69) is 79.7 Å². The smallest absolute Gasteiger partial charge is 0.184 e. The average molecular weight is 567 g/mol. The molecule has 4 fully saturated rings. The molecular weight excluding hydrogens is 509 g/mol. The molecule has 0 aliphatic heterocycles. The van der Waals surface area contributed by atoms with Crippen molar-refractivity contribution in [2.45, 2.75) is 149 Å². The van der Waals surface area contributed by atoms with E-state index < -0.39 is 25.0 Å². The lowest BCUT2D eigenvalue weighted by Gasteiger charge is -2.62. The lowest BCUT2D eigenvalue weighted by Crippen LogP contribution is -2.65. The first kappa shape index (κ1) is 30.2. The number of hydrogen-bond acceptors (Lipinski definition) is 4. The van der Waals surface area contributed by atoms with Crippen LogP contribution >= 0.6 is 0 Å². The summed E-state index contributed by atoms with van der Waals surface area (Å²) in [7, 11) is -5.20. The molecule has 3 unspecified atom stereocenters. The van der Waals surface area contributed by atoms with Crippen molar-refractivity contribution in [3.63, 3.8) is 0 Å². The van der Waals surface area contributed by atoms with Crippen LogP contribution in [0.15, 0.2) is 0 Å². The Bertz CT molecular complexity index is 874. The second-order valence-electron chi connectivity index (χ2n) is 16.7. The van der Waals surface area contributed by atoms with Gasteiger partial charge >= 0.3 is 0 Å². The predicted octanol–water partition coefficient (Wildman–Crippen LogP) is 8.26. The third kappa shape index (κ3) is 5.57. The van der Waals surface area contributed by atoms with Crippen molar-refractivity contribution in [1.29, 1.82) is 0 Å². The van der Waals surface area contributed by atoms with E-state index in [1.165, 1.54) is 19.3 Å². The molecule has 4 aliphatic carbocycles. The number of hydrogen-bond donors (Lipinski definition) is 0. The Labute approximate surface area is 231 Å². The van der Waals surface area contributed by atoms with Crippen LogP contribution in [0.25, 0.3) is 0 Å². The van der Waals surface area contributed by atoms with Crippen molar-refractivity contribution in [3.05, 3.63) is 0 Å². The largest absolute Gasteiger partial charge is 0.415 e. The van der Waals surface area contributed by atoms with Gasteiger partial charge in [-0.25, -0.2) is 0 Å². The molecule has 0 aromatic carbocycles. The van der Waals surface area contributed by atoms with Crippen LogP contribution in [0.3, 0.4) is 0 Å². The first-order valence-corrected chi connectivity index (χ1v) is 25.5. The van der Waals surface area contributed by atoms with Crippen molar-refractivity contribution in [1.82, 2.24) is 0 Å². The second kappa shape index (κ2) is 9.64. The average Bonchev–Trinajstić information content (AvgIpc) is 2.97. The molecule has 4 nitrogen and oxygen atoms in total. The minimum absolute atomic E-state index is 0.0197. The fourth-order valence-electron chi connectivity index (χ4n) is 9.75. The molecular formula is C30H58O4Si3. The van der Waals surface area contributed by atoms with E-state index in [9.17, 15) is 4.79 Å². The lowest BCUT2D eigenvalue weighted by molar-refractivity contribution is -0.183. The number of carbonyl (C=O) groups excluding carboxylic acids is 1. The number of Topliss-reactive ketones (excluding diaryl/α,β-unsaturated/α-hetero) is 1. The minimum atomic E-state index is -1.88. The van der Waals surface area contributed by atoms with Gasteiger partial charge in [0.05, 0.1) is 11.7 Å². The molecule has 0 bridgehead atoms. The topological polar surface area (TPSA) is 44.8 Å². The summed E-state index contributed by atoms with van der Waals surface area (Å²) in [6, 6.07) is 0. The highest BCUT2D eigenvalue weighted by Gasteiger charge is 2.70. The van der Waals surface area contributed by atoms with Crippen LogP contribution in [0, 0.1) is 34.5 Å². The number of rotatable bonds is 7. The highest BCUT2D eigenvalue weighted by molar-refractivity contribution is 6.70. The number of carbonyl (C=O) groups is 1. The lowest BCUT2D eigenvalue weighted by atomic mass is 9.44. The molecule has 0 N–H and O–H groups in total. The van der Waals surface area contributed by atoms with Gasteiger partial charge in [0.2, 0.25) is 0 Å². The summed E-state index contributed by atoms with van der Waals surface area (Å²) in [6.45, 7) is 27.9. The SMILES string of the molecule is CC(O[Si](C)(C)C)[C@@]1(O[Si](C)(C)C)CC[C@H]2[C@@H]3CCC4CC(O[Si](C)(C)C)CC[C@]4(C)[C@H]3C(=O)C[C@@]21C. The van der Waals surface area contributed by atoms with Crippen molar-refractivity contribution in [3.8, 4) is 0 Å². The summed E-state index contributed by atoms with van der Waals surface area (Å²) in [4.78, 5) is 14.4. The third-order valence-electron chi connectivity index (χ3n) is 10.7. The highest BCUT2D eigenvalue weighted by Crippen LogP contribution is 2.69. The van der Waals surface area contributed by atoms with Crippen LogP contribution in [0.4, 0.5) is 0 Å². The summed E-state index contributed by atoms with van der Waals surface area (Å²) in [5, 5.41) is 0. The zero-order chi connectivity index (χ0) is 27.8. The van der Waals surface area contributed by atoms with Gasteiger partial charge in [0, 0.05) is 23.9 Å². The van der Waals surface area contributed by atoms with Gasteiger partial charge < -0.3 is 13.3 Å². The van der Waals surface area contributed by atoms with E-state index in [1.807, 2.05) is 0 Å². The maximum atomic E-state index is 14.4. The number of fused-ring (bicyclic) bond motifs is 5. The normalized spacial score (nSPS) is 43.7. The van der Waals surface area contributed by atoms with Crippen LogP contribution in [0.2, 0.25) is 58.9 Å². The predicted molar refractivity (Wildman–Crippen MR) is 161 cm³/mol. The third-order valence-corrected chi connectivity index (χ3v) is 13.8. The van der Waals surface area contributed by atoms with E-state index in [-0.39, 0.29) is 28.5 Å². The molecule has 9 atom stereocenters. The van der Waals surface area contributed by atoms with Crippen molar-refractivity contribution in [2.75, 3.05) is 0 Å². The first-order valence-electron chi connectivity index (χ1n) is 15.3. The summed E-state index contributed by atoms with van der Waals surface area (Å²) in [5.41, 5.74) is -0.373. The molecule has 0 aromatic rings. The Balaban J connectivity index is 1.65. The molecule has 0 spiro atoms. The Kier molecular flexibility index (Phi) is 7.86. The maximum Gasteiger partial charge on any atom is 0.184 e. The van der Waals surface area contributed by atoms with Gasteiger partial charge in [-0.3, -0.25) is 4.79 Å². The fraction of sp³-hybridized carbons (Fsp3) is 0.967. The van der Waals surface area contributed by atoms with Crippen LogP contribution < -0.4 is 0 Å². The van der Waals surface area contributed by atoms with Gasteiger partial charge in [0.1, 0.15) is 5.78 Å². The maximum absolute atomic E-state index is 14.4. The van der Waals surface area contributed by atoms with Gasteiger partial charge in [-0.05, 0) is 134 Å². The molecule has 0 saturated heterocycles. The quantitative estimate of drug-likeness (QED) is 0.291. The first-order chi connectivity index (χ1) is 16.7. The standard InChI is InChI=1S/C30H58O4Si3/c1-21(32-35(4,5)6)30(34-37(10,11)12)18-16-25-24-14-13-22-19-23(33-36(7,8)9)15-17-28(22,2)27(24)26(31)20-29(25,30)3/h21-25,27H,13-20H2,1-12H3/t21?,22?,23?,24-,25-,27+,28-,29-,30-/m0/s1. The molecule has 7 heteroatoms. The molecule has 214 valence electrons. The van der Waals surface area contributed by atoms with Crippen LogP contribution in [0.1, 0.15) is 72.1 Å². The van der Waals surface area contributed by atoms with Gasteiger partial charge in [-0.1, -0.05) is 13.8 Å². The van der Waals surface area contributed by atoms with Crippen molar-refractivity contribution in [2.24, 2.45) is 34.5 Å². The van der Waals surface area contributed by atoms with Gasteiger partial charge in [-0.15, -0.1) is 0 Å². The minimum Gasteiger partial charge on any atom is -0.415 e. The summed E-state index contributed by atoms with van der Waals surface area (Å²) < 4.78 is 20.7. The Hall–Kier alpha value is 0.201. The molecule has 0 aromatic heterocycles. The Morgan fingerprint density at radius 3 is 2.05 bits per heavy atom. The molecule has 4 saturated carbocycles. The molecule has 0 radical (unpaired) electrons. The van der Waals surface area contributed by atoms with E-state index >= 15 is 0 Å². The van der Waals surface area contributed by atoms with Crippen molar-refractivity contribution < 1.29 is 18.1 Å². The van der Waals surface area contributed by atoms with E-state index in [0.717, 1.165) is 25.7 Å². The van der Waals surface area contributed by atoms with Gasteiger partial charge in [0.15, 0.2) is 25.0 Å². The number of ketones is 1. The van der Waals surface area contributed by atoms with Crippen LogP contribution in [0.5, 0.6) is 0 Å². The van der Waals surface area contributed by atoms with E-state index in [1.54, 1.807) is 0 Å². The molecule has 4 aliphatic rings. The van der Waals surface area contributed by atoms with Crippen LogP contribution in [-0.2, 0) is 18.1 Å². The van der Waals surface area contributed by atoms with E-state index in [0.29, 0.717) is 36.1 Å². The summed E-state index contributed by atoms with van der Waals surface area (Å²) in [6.07, 6.45) is 9.18. The molecule has 0 amide bonds. The van der Waals surface area contributed by atoms with Crippen LogP contribution in [-0.4, -0.2) is 48.5 Å². The zero-order valence-corrected chi connectivity index (χ0v) is 29.3. The summed E-state index contributed by atoms with van der Waals surface area (Å²) in [5.74, 6) is 2.41. The highest BCUT2D eigenvalue weighted by atomic mass is 28.4. The molecule has 4 rings (SSSR count). The van der Waals surface area contributed by atoms with Gasteiger partial charge in [-0.2, -0.15) is 0 Å². The van der Waals surface area contributed by atoms with E-state index in [4.69, 9.17) is 13.3 Å². The fourth-order valence-corrected chi connectivity index (χ4v) is 13.8.